The van der Waals surface area contributed by atoms with Crippen LogP contribution >= 0.6 is 32.3 Å². The van der Waals surface area contributed by atoms with Gasteiger partial charge < -0.3 is 5.32 Å². The molecule has 1 atom stereocenters. The van der Waals surface area contributed by atoms with Gasteiger partial charge in [0.1, 0.15) is 11.1 Å². The maximum absolute atomic E-state index is 9.84. The first-order valence-corrected chi connectivity index (χ1v) is 10.4. The topological polar surface area (TPSA) is 78.7 Å². The van der Waals surface area contributed by atoms with Crippen LogP contribution in [0.5, 0.6) is 0 Å². The van der Waals surface area contributed by atoms with Gasteiger partial charge in [0.2, 0.25) is 6.41 Å². The molecule has 0 spiro atoms. The van der Waals surface area contributed by atoms with Crippen molar-refractivity contribution in [2.24, 2.45) is 0 Å². The first kappa shape index (κ1) is 18.9. The number of aryl methyl sites for hydroxylation is 2. The Morgan fingerprint density at radius 2 is 2.29 bits per heavy atom. The molecule has 0 aromatic carbocycles. The number of rotatable bonds is 4. The number of nitriles is 1. The molecule has 1 aliphatic rings. The fourth-order valence-electron chi connectivity index (χ4n) is 2.59. The molecular formula is C16H19N4OPS2. The van der Waals surface area contributed by atoms with Gasteiger partial charge in [0, 0.05) is 11.1 Å². The summed E-state index contributed by atoms with van der Waals surface area (Å²) in [5.74, 6) is 0. The molecule has 0 saturated carbocycles. The van der Waals surface area contributed by atoms with Crippen molar-refractivity contribution in [3.63, 3.8) is 0 Å². The lowest BCUT2D eigenvalue weighted by molar-refractivity contribution is -0.105. The van der Waals surface area contributed by atoms with E-state index in [9.17, 15) is 10.1 Å². The smallest absolute Gasteiger partial charge is 0.213 e. The molecule has 0 radical (unpaired) electrons. The van der Waals surface area contributed by atoms with E-state index in [1.54, 1.807) is 11.8 Å². The minimum atomic E-state index is 0.623. The van der Waals surface area contributed by atoms with Gasteiger partial charge >= 0.3 is 0 Å². The molecule has 5 nitrogen and oxygen atoms in total. The van der Waals surface area contributed by atoms with E-state index in [-0.39, 0.29) is 0 Å². The predicted molar refractivity (Wildman–Crippen MR) is 103 cm³/mol. The summed E-state index contributed by atoms with van der Waals surface area (Å²) in [5, 5.41) is 15.1. The summed E-state index contributed by atoms with van der Waals surface area (Å²) < 4.78 is 0. The normalized spacial score (nSPS) is 11.9. The zero-order chi connectivity index (χ0) is 17.5. The number of fused-ring (bicyclic) bond motifs is 1. The number of thioether (sulfide) groups is 1. The van der Waals surface area contributed by atoms with Gasteiger partial charge in [-0.25, -0.2) is 9.97 Å². The van der Waals surface area contributed by atoms with Crippen LogP contribution < -0.4 is 5.32 Å². The third-order valence-corrected chi connectivity index (χ3v) is 5.60. The number of hydrogen-bond donors (Lipinski definition) is 1. The van der Waals surface area contributed by atoms with E-state index in [1.807, 2.05) is 18.6 Å². The number of nitrogens with one attached hydrogen (secondary N) is 1. The van der Waals surface area contributed by atoms with Gasteiger partial charge in [0.25, 0.3) is 0 Å². The molecule has 1 amide bonds. The second-order valence-corrected chi connectivity index (χ2v) is 7.19. The highest BCUT2D eigenvalue weighted by Crippen LogP contribution is 2.32. The number of hydrogen-bond acceptors (Lipinski definition) is 6. The largest absolute Gasteiger partial charge is 0.305 e. The van der Waals surface area contributed by atoms with Crippen LogP contribution in [-0.2, 0) is 23.8 Å². The molecule has 0 saturated heterocycles. The van der Waals surface area contributed by atoms with Crippen LogP contribution in [0.3, 0.4) is 0 Å². The third-order valence-electron chi connectivity index (χ3n) is 3.62. The molecule has 24 heavy (non-hydrogen) atoms. The van der Waals surface area contributed by atoms with E-state index in [1.165, 1.54) is 34.6 Å². The van der Waals surface area contributed by atoms with E-state index >= 15 is 0 Å². The minimum Gasteiger partial charge on any atom is -0.305 e. The molecule has 2 heterocycles. The van der Waals surface area contributed by atoms with Crippen LogP contribution in [0.4, 0.5) is 5.13 Å². The van der Waals surface area contributed by atoms with Crippen LogP contribution in [-0.4, -0.2) is 22.6 Å². The van der Waals surface area contributed by atoms with E-state index in [0.717, 1.165) is 35.3 Å². The lowest BCUT2D eigenvalue weighted by atomic mass is 10.0. The third kappa shape index (κ3) is 4.32. The molecule has 8 heteroatoms. The maximum Gasteiger partial charge on any atom is 0.213 e. The average Bonchev–Trinajstić information content (AvgIpc) is 3.22. The molecule has 1 unspecified atom stereocenters. The van der Waals surface area contributed by atoms with Crippen molar-refractivity contribution in [3.8, 4) is 6.07 Å². The molecule has 126 valence electrons. The first-order chi connectivity index (χ1) is 11.6. The summed E-state index contributed by atoms with van der Waals surface area (Å²) in [7, 11) is 2.73. The minimum absolute atomic E-state index is 0.623. The summed E-state index contributed by atoms with van der Waals surface area (Å²) in [6.45, 7) is 1.88. The van der Waals surface area contributed by atoms with Gasteiger partial charge in [-0.15, -0.1) is 32.3 Å². The SMILES string of the molecule is CSc1nc2c(c(CP)c1C#N)CCC2.Cc1csc(NC=O)n1. The van der Waals surface area contributed by atoms with Gasteiger partial charge in [-0.05, 0) is 49.7 Å². The summed E-state index contributed by atoms with van der Waals surface area (Å²) in [5.41, 5.74) is 5.48. The molecular weight excluding hydrogens is 359 g/mol. The highest BCUT2D eigenvalue weighted by atomic mass is 32.2. The standard InChI is InChI=1S/C11H13N2PS.C5H6N2OS/c1-15-11-8(5-12)9(6-14)7-3-2-4-10(7)13-11;1-4-2-9-5(7-4)6-3-8/h2-4,6,14H2,1H3;2-3H,1H3,(H,6,7,8). The lowest BCUT2D eigenvalue weighted by Gasteiger charge is -2.11. The van der Waals surface area contributed by atoms with Gasteiger partial charge in [-0.2, -0.15) is 5.26 Å². The molecule has 0 aliphatic heterocycles. The average molecular weight is 378 g/mol. The van der Waals surface area contributed by atoms with Crippen molar-refractivity contribution in [2.75, 3.05) is 11.6 Å². The van der Waals surface area contributed by atoms with E-state index in [0.29, 0.717) is 11.5 Å². The molecule has 2 aromatic heterocycles. The van der Waals surface area contributed by atoms with Crippen LogP contribution in [0.1, 0.15) is 34.5 Å². The Labute approximate surface area is 152 Å². The summed E-state index contributed by atoms with van der Waals surface area (Å²) in [4.78, 5) is 18.4. The Hall–Kier alpha value is -1.48. The zero-order valence-corrected chi connectivity index (χ0v) is 16.4. The van der Waals surface area contributed by atoms with E-state index in [2.05, 4.69) is 30.6 Å². The van der Waals surface area contributed by atoms with Crippen LogP contribution in [0.15, 0.2) is 10.4 Å². The maximum atomic E-state index is 9.84. The lowest BCUT2D eigenvalue weighted by Crippen LogP contribution is -2.01. The predicted octanol–water partition coefficient (Wildman–Crippen LogP) is 3.56. The molecule has 0 fully saturated rings. The number of carbonyl (C=O) groups excluding carboxylic acids is 1. The fourth-order valence-corrected chi connectivity index (χ4v) is 4.27. The van der Waals surface area contributed by atoms with Gasteiger partial charge in [0.05, 0.1) is 11.3 Å². The number of aromatic nitrogens is 2. The molecule has 1 aliphatic carbocycles. The van der Waals surface area contributed by atoms with Crippen molar-refractivity contribution >= 4 is 43.9 Å². The Bertz CT molecular complexity index is 770. The van der Waals surface area contributed by atoms with Crippen LogP contribution in [0.2, 0.25) is 0 Å². The van der Waals surface area contributed by atoms with Crippen molar-refractivity contribution in [1.82, 2.24) is 9.97 Å². The second-order valence-electron chi connectivity index (χ2n) is 5.13. The summed E-state index contributed by atoms with van der Waals surface area (Å²) in [6, 6.07) is 2.30. The van der Waals surface area contributed by atoms with Crippen LogP contribution in [0, 0.1) is 18.3 Å². The van der Waals surface area contributed by atoms with Crippen LogP contribution in [0.25, 0.3) is 0 Å². The van der Waals surface area contributed by atoms with E-state index < -0.39 is 0 Å². The van der Waals surface area contributed by atoms with Crippen molar-refractivity contribution in [1.29, 1.82) is 5.26 Å². The van der Waals surface area contributed by atoms with Crippen molar-refractivity contribution in [3.05, 3.63) is 33.5 Å². The molecule has 3 rings (SSSR count). The Morgan fingerprint density at radius 3 is 2.83 bits per heavy atom. The first-order valence-electron chi connectivity index (χ1n) is 7.45. The summed E-state index contributed by atoms with van der Waals surface area (Å²) in [6.07, 6.45) is 6.82. The number of nitrogens with zero attached hydrogens (tertiary/aromatic N) is 3. The number of carbonyl (C=O) groups is 1. The zero-order valence-electron chi connectivity index (χ0n) is 13.6. The molecule has 2 aromatic rings. The Morgan fingerprint density at radius 1 is 1.50 bits per heavy atom. The summed E-state index contributed by atoms with van der Waals surface area (Å²) >= 11 is 2.99. The van der Waals surface area contributed by atoms with Gasteiger partial charge in [0.15, 0.2) is 5.13 Å². The van der Waals surface area contributed by atoms with Gasteiger partial charge in [-0.1, -0.05) is 0 Å². The number of pyridine rings is 1. The number of amides is 1. The van der Waals surface area contributed by atoms with Gasteiger partial charge in [-0.3, -0.25) is 4.79 Å². The van der Waals surface area contributed by atoms with Crippen molar-refractivity contribution < 1.29 is 4.79 Å². The quantitative estimate of drug-likeness (QED) is 0.500. The Kier molecular flexibility index (Phi) is 7.16. The fraction of sp³-hybridized carbons (Fsp3) is 0.375. The van der Waals surface area contributed by atoms with Crippen molar-refractivity contribution in [2.45, 2.75) is 37.4 Å². The second kappa shape index (κ2) is 9.12. The van der Waals surface area contributed by atoms with E-state index in [4.69, 9.17) is 0 Å². The highest BCUT2D eigenvalue weighted by molar-refractivity contribution is 7.98. The Balaban J connectivity index is 0.000000198. The molecule has 1 N–H and O–H groups in total. The number of thiazole rings is 1. The monoisotopic (exact) mass is 378 g/mol. The number of anilines is 1. The highest BCUT2D eigenvalue weighted by Gasteiger charge is 2.21. The molecule has 0 bridgehead atoms.